The van der Waals surface area contributed by atoms with Crippen LogP contribution in [-0.4, -0.2) is 51.7 Å². The summed E-state index contributed by atoms with van der Waals surface area (Å²) >= 11 is 0. The van der Waals surface area contributed by atoms with E-state index in [2.05, 4.69) is 16.2 Å². The number of halogens is 1. The summed E-state index contributed by atoms with van der Waals surface area (Å²) in [5.41, 5.74) is 3.54. The normalized spacial score (nSPS) is 16.2. The Hall–Kier alpha value is -2.93. The molecule has 3 heterocycles. The molecule has 1 atom stereocenters. The van der Waals surface area contributed by atoms with Crippen LogP contribution >= 0.6 is 0 Å². The second-order valence-electron chi connectivity index (χ2n) is 9.20. The van der Waals surface area contributed by atoms with Crippen LogP contribution in [0.1, 0.15) is 45.8 Å². The number of piperidine rings is 1. The Morgan fingerprint density at radius 1 is 1.21 bits per heavy atom. The number of rotatable bonds is 7. The Balaban J connectivity index is 1.50. The summed E-state index contributed by atoms with van der Waals surface area (Å²) in [4.78, 5) is 17.5. The van der Waals surface area contributed by atoms with Crippen molar-refractivity contribution in [1.82, 2.24) is 19.6 Å². The van der Waals surface area contributed by atoms with Gasteiger partial charge in [0.2, 0.25) is 0 Å². The summed E-state index contributed by atoms with van der Waals surface area (Å²) in [6.45, 7) is 6.61. The van der Waals surface area contributed by atoms with E-state index < -0.39 is 0 Å². The average molecular weight is 453 g/mol. The number of hydrogen-bond acceptors (Lipinski definition) is 4. The van der Waals surface area contributed by atoms with Crippen LogP contribution in [0.4, 0.5) is 4.39 Å². The lowest BCUT2D eigenvalue weighted by Gasteiger charge is -2.40. The van der Waals surface area contributed by atoms with Crippen LogP contribution in [0.2, 0.25) is 0 Å². The predicted molar refractivity (Wildman–Crippen MR) is 125 cm³/mol. The monoisotopic (exact) mass is 452 g/mol. The molecule has 1 saturated heterocycles. The van der Waals surface area contributed by atoms with Crippen molar-refractivity contribution in [3.8, 4) is 0 Å². The molecule has 176 valence electrons. The van der Waals surface area contributed by atoms with Crippen LogP contribution in [0.3, 0.4) is 0 Å². The van der Waals surface area contributed by atoms with Gasteiger partial charge in [-0.1, -0.05) is 18.2 Å². The Bertz CT molecular complexity index is 1100. The molecule has 0 radical (unpaired) electrons. The lowest BCUT2D eigenvalue weighted by molar-refractivity contribution is 0.0581. The summed E-state index contributed by atoms with van der Waals surface area (Å²) in [5, 5.41) is 4.45. The highest BCUT2D eigenvalue weighted by Gasteiger charge is 2.33. The van der Waals surface area contributed by atoms with Gasteiger partial charge in [0.05, 0.1) is 17.5 Å². The van der Waals surface area contributed by atoms with Crippen molar-refractivity contribution in [2.75, 3.05) is 20.1 Å². The van der Waals surface area contributed by atoms with Crippen LogP contribution in [0, 0.1) is 25.6 Å². The Morgan fingerprint density at radius 3 is 2.55 bits per heavy atom. The number of aromatic nitrogens is 2. The van der Waals surface area contributed by atoms with Gasteiger partial charge in [-0.25, -0.2) is 4.39 Å². The Morgan fingerprint density at radius 2 is 1.94 bits per heavy atom. The molecule has 1 aromatic carbocycles. The highest BCUT2D eigenvalue weighted by molar-refractivity contribution is 5.95. The highest BCUT2D eigenvalue weighted by atomic mass is 19.1. The van der Waals surface area contributed by atoms with E-state index in [1.54, 1.807) is 30.2 Å². The molecular formula is C26H33FN4O2. The van der Waals surface area contributed by atoms with E-state index in [-0.39, 0.29) is 23.7 Å². The minimum Gasteiger partial charge on any atom is -0.469 e. The Kier molecular flexibility index (Phi) is 6.98. The molecule has 1 fully saturated rings. The quantitative estimate of drug-likeness (QED) is 0.534. The fourth-order valence-electron chi connectivity index (χ4n) is 5.00. The molecule has 0 N–H and O–H groups in total. The second-order valence-corrected chi connectivity index (χ2v) is 9.20. The third-order valence-corrected chi connectivity index (χ3v) is 6.98. The molecule has 0 saturated carbocycles. The number of carbonyl (C=O) groups is 1. The first-order valence-corrected chi connectivity index (χ1v) is 11.6. The van der Waals surface area contributed by atoms with E-state index in [1.807, 2.05) is 37.8 Å². The summed E-state index contributed by atoms with van der Waals surface area (Å²) in [5.74, 6) is 0.610. The fourth-order valence-corrected chi connectivity index (χ4v) is 5.00. The van der Waals surface area contributed by atoms with Crippen molar-refractivity contribution < 1.29 is 13.6 Å². The molecule has 0 spiro atoms. The first-order valence-electron chi connectivity index (χ1n) is 11.6. The van der Waals surface area contributed by atoms with Crippen molar-refractivity contribution in [2.24, 2.45) is 13.0 Å². The summed E-state index contributed by atoms with van der Waals surface area (Å²) < 4.78 is 21.7. The van der Waals surface area contributed by atoms with E-state index >= 15 is 0 Å². The molecule has 0 aliphatic carbocycles. The van der Waals surface area contributed by atoms with Gasteiger partial charge in [-0.3, -0.25) is 14.4 Å². The van der Waals surface area contributed by atoms with Crippen LogP contribution < -0.4 is 0 Å². The molecule has 4 rings (SSSR count). The first-order chi connectivity index (χ1) is 15.8. The SMILES string of the molecule is Cc1nn(C)cc1CN1CCC([C@H](Cc2ccccc2F)N(C)C(=O)c2ccoc2C)CC1. The van der Waals surface area contributed by atoms with Crippen molar-refractivity contribution in [2.45, 2.75) is 45.7 Å². The van der Waals surface area contributed by atoms with E-state index in [9.17, 15) is 9.18 Å². The number of furan rings is 1. The van der Waals surface area contributed by atoms with E-state index in [4.69, 9.17) is 4.42 Å². The zero-order valence-electron chi connectivity index (χ0n) is 19.9. The maximum Gasteiger partial charge on any atom is 0.257 e. The van der Waals surface area contributed by atoms with Gasteiger partial charge in [-0.05, 0) is 69.8 Å². The van der Waals surface area contributed by atoms with Crippen molar-refractivity contribution >= 4 is 5.91 Å². The summed E-state index contributed by atoms with van der Waals surface area (Å²) in [7, 11) is 3.79. The zero-order chi connectivity index (χ0) is 23.5. The van der Waals surface area contributed by atoms with Crippen molar-refractivity contribution in [3.05, 3.63) is 76.8 Å². The molecular weight excluding hydrogens is 419 g/mol. The molecule has 1 amide bonds. The van der Waals surface area contributed by atoms with Crippen LogP contribution in [0.15, 0.2) is 47.2 Å². The number of nitrogens with zero attached hydrogens (tertiary/aromatic N) is 4. The number of amides is 1. The summed E-state index contributed by atoms with van der Waals surface area (Å²) in [6, 6.07) is 8.50. The average Bonchev–Trinajstić information content (AvgIpc) is 3.37. The molecule has 2 aromatic heterocycles. The third-order valence-electron chi connectivity index (χ3n) is 6.98. The van der Waals surface area contributed by atoms with E-state index in [0.717, 1.165) is 38.2 Å². The first kappa shape index (κ1) is 23.2. The molecule has 33 heavy (non-hydrogen) atoms. The molecule has 6 nitrogen and oxygen atoms in total. The fraction of sp³-hybridized carbons (Fsp3) is 0.462. The number of aryl methyl sites for hydroxylation is 3. The van der Waals surface area contributed by atoms with Gasteiger partial charge >= 0.3 is 0 Å². The van der Waals surface area contributed by atoms with Gasteiger partial charge in [-0.15, -0.1) is 0 Å². The minimum absolute atomic E-state index is 0.0731. The van der Waals surface area contributed by atoms with Crippen LogP contribution in [0.25, 0.3) is 0 Å². The number of likely N-dealkylation sites (N-methyl/N-ethyl adjacent to an activating group) is 1. The van der Waals surface area contributed by atoms with Gasteiger partial charge in [0.25, 0.3) is 5.91 Å². The maximum atomic E-state index is 14.5. The lowest BCUT2D eigenvalue weighted by atomic mass is 9.84. The molecule has 0 unspecified atom stereocenters. The summed E-state index contributed by atoms with van der Waals surface area (Å²) in [6.07, 6.45) is 6.04. The van der Waals surface area contributed by atoms with Gasteiger partial charge < -0.3 is 9.32 Å². The lowest BCUT2D eigenvalue weighted by Crippen LogP contribution is -2.47. The highest BCUT2D eigenvalue weighted by Crippen LogP contribution is 2.29. The molecule has 3 aromatic rings. The molecule has 7 heteroatoms. The van der Waals surface area contributed by atoms with Gasteiger partial charge in [0, 0.05) is 38.4 Å². The minimum atomic E-state index is -0.215. The third kappa shape index (κ3) is 5.19. The number of likely N-dealkylation sites (tertiary alicyclic amines) is 1. The van der Waals surface area contributed by atoms with Crippen LogP contribution in [0.5, 0.6) is 0 Å². The number of benzene rings is 1. The number of carbonyl (C=O) groups excluding carboxylic acids is 1. The van der Waals surface area contributed by atoms with E-state index in [0.29, 0.717) is 23.3 Å². The molecule has 0 bridgehead atoms. The van der Waals surface area contributed by atoms with Gasteiger partial charge in [-0.2, -0.15) is 5.10 Å². The van der Waals surface area contributed by atoms with Crippen molar-refractivity contribution in [1.29, 1.82) is 0 Å². The molecule has 1 aliphatic rings. The van der Waals surface area contributed by atoms with Crippen LogP contribution in [-0.2, 0) is 20.0 Å². The molecule has 1 aliphatic heterocycles. The Labute approximate surface area is 195 Å². The smallest absolute Gasteiger partial charge is 0.257 e. The van der Waals surface area contributed by atoms with Gasteiger partial charge in [0.15, 0.2) is 0 Å². The standard InChI is InChI=1S/C26H33FN4O2/c1-18-22(16-29(3)28-18)17-31-12-9-20(10-13-31)25(15-21-7-5-6-8-24(21)27)30(4)26(32)23-11-14-33-19(23)2/h5-8,11,14,16,20,25H,9-10,12-13,15,17H2,1-4H3/t25-/m0/s1. The predicted octanol–water partition coefficient (Wildman–Crippen LogP) is 4.36. The zero-order valence-corrected chi connectivity index (χ0v) is 19.9. The van der Waals surface area contributed by atoms with E-state index in [1.165, 1.54) is 11.6 Å². The topological polar surface area (TPSA) is 54.5 Å². The number of hydrogen-bond donors (Lipinski definition) is 0. The maximum absolute atomic E-state index is 14.5. The second kappa shape index (κ2) is 9.91. The largest absolute Gasteiger partial charge is 0.469 e. The van der Waals surface area contributed by atoms with Gasteiger partial charge in [0.1, 0.15) is 11.6 Å². The van der Waals surface area contributed by atoms with Crippen molar-refractivity contribution in [3.63, 3.8) is 0 Å².